The molecule has 0 atom stereocenters. The van der Waals surface area contributed by atoms with Crippen molar-refractivity contribution in [2.45, 2.75) is 0 Å². The van der Waals surface area contributed by atoms with E-state index in [9.17, 15) is 14.7 Å². The lowest BCUT2D eigenvalue weighted by molar-refractivity contribution is -0.124. The molecule has 7 nitrogen and oxygen atoms in total. The predicted octanol–water partition coefficient (Wildman–Crippen LogP) is 0.178. The molecular weight excluding hydrogens is 286 g/mol. The number of aromatic hydroxyl groups is 1. The number of nitrogens with zero attached hydrogens (tertiary/aromatic N) is 1. The summed E-state index contributed by atoms with van der Waals surface area (Å²) in [5.41, 5.74) is 0.462. The first-order chi connectivity index (χ1) is 10.6. The minimum Gasteiger partial charge on any atom is -0.508 e. The summed E-state index contributed by atoms with van der Waals surface area (Å²) in [5.74, 6) is -0.919. The van der Waals surface area contributed by atoms with Crippen LogP contribution < -0.4 is 10.6 Å². The lowest BCUT2D eigenvalue weighted by atomic mass is 10.1. The highest BCUT2D eigenvalue weighted by Crippen LogP contribution is 2.12. The summed E-state index contributed by atoms with van der Waals surface area (Å²) < 4.78 is 4.78. The quantitative estimate of drug-likeness (QED) is 0.378. The van der Waals surface area contributed by atoms with Gasteiger partial charge in [0.15, 0.2) is 0 Å². The Balaban J connectivity index is 2.56. The molecule has 7 heteroatoms. The molecule has 0 fully saturated rings. The molecule has 2 amide bonds. The molecule has 0 aliphatic carbocycles. The molecule has 0 unspecified atom stereocenters. The number of methoxy groups -OCH3 is 1. The zero-order valence-electron chi connectivity index (χ0n) is 12.1. The zero-order chi connectivity index (χ0) is 16.4. The lowest BCUT2D eigenvalue weighted by Gasteiger charge is -2.06. The Bertz CT molecular complexity index is 588. The normalized spacial score (nSPS) is 10.6. The molecule has 0 spiro atoms. The third-order valence-corrected chi connectivity index (χ3v) is 2.61. The van der Waals surface area contributed by atoms with Gasteiger partial charge in [-0.2, -0.15) is 5.26 Å². The first-order valence-electron chi connectivity index (χ1n) is 6.51. The van der Waals surface area contributed by atoms with E-state index in [1.807, 2.05) is 0 Å². The van der Waals surface area contributed by atoms with Crippen LogP contribution in [0.25, 0.3) is 6.08 Å². The molecule has 0 aliphatic heterocycles. The Hall–Kier alpha value is -2.85. The Morgan fingerprint density at radius 3 is 2.59 bits per heavy atom. The summed E-state index contributed by atoms with van der Waals surface area (Å²) in [5, 5.41) is 23.1. The predicted molar refractivity (Wildman–Crippen MR) is 79.6 cm³/mol. The summed E-state index contributed by atoms with van der Waals surface area (Å²) in [4.78, 5) is 23.2. The third-order valence-electron chi connectivity index (χ3n) is 2.61. The standard InChI is InChI=1S/C15H17N3O4/c1-22-7-6-17-14(20)10-18-15(21)12(9-16)8-11-2-4-13(19)5-3-11/h2-5,8,19H,6-7,10H2,1H3,(H,17,20)(H,18,21)/b12-8+. The van der Waals surface area contributed by atoms with Crippen LogP contribution in [0.5, 0.6) is 5.75 Å². The van der Waals surface area contributed by atoms with Crippen LogP contribution in [0.15, 0.2) is 29.8 Å². The van der Waals surface area contributed by atoms with E-state index in [4.69, 9.17) is 10.00 Å². The average Bonchev–Trinajstić information content (AvgIpc) is 2.52. The van der Waals surface area contributed by atoms with E-state index in [2.05, 4.69) is 10.6 Å². The van der Waals surface area contributed by atoms with E-state index in [1.165, 1.54) is 25.3 Å². The van der Waals surface area contributed by atoms with Gasteiger partial charge in [-0.3, -0.25) is 9.59 Å². The Kier molecular flexibility index (Phi) is 7.16. The van der Waals surface area contributed by atoms with Crippen molar-refractivity contribution >= 4 is 17.9 Å². The second kappa shape index (κ2) is 9.15. The summed E-state index contributed by atoms with van der Waals surface area (Å²) in [7, 11) is 1.52. The molecule has 0 saturated carbocycles. The molecule has 3 N–H and O–H groups in total. The number of phenolic OH excluding ortho intramolecular Hbond substituents is 1. The van der Waals surface area contributed by atoms with Gasteiger partial charge in [0.1, 0.15) is 17.4 Å². The molecule has 0 aromatic heterocycles. The maximum Gasteiger partial charge on any atom is 0.262 e. The third kappa shape index (κ3) is 6.07. The van der Waals surface area contributed by atoms with Gasteiger partial charge in [0, 0.05) is 13.7 Å². The number of nitriles is 1. The van der Waals surface area contributed by atoms with Crippen LogP contribution in [0.3, 0.4) is 0 Å². The molecule has 0 bridgehead atoms. The van der Waals surface area contributed by atoms with Crippen molar-refractivity contribution in [2.24, 2.45) is 0 Å². The van der Waals surface area contributed by atoms with E-state index >= 15 is 0 Å². The van der Waals surface area contributed by atoms with Crippen molar-refractivity contribution in [3.63, 3.8) is 0 Å². The summed E-state index contributed by atoms with van der Waals surface area (Å²) >= 11 is 0. The van der Waals surface area contributed by atoms with Crippen LogP contribution in [0.4, 0.5) is 0 Å². The van der Waals surface area contributed by atoms with Gasteiger partial charge in [-0.25, -0.2) is 0 Å². The van der Waals surface area contributed by atoms with Crippen LogP contribution >= 0.6 is 0 Å². The average molecular weight is 303 g/mol. The number of ether oxygens (including phenoxy) is 1. The van der Waals surface area contributed by atoms with Gasteiger partial charge >= 0.3 is 0 Å². The molecule has 1 rings (SSSR count). The first-order valence-corrected chi connectivity index (χ1v) is 6.51. The van der Waals surface area contributed by atoms with Gasteiger partial charge in [-0.15, -0.1) is 0 Å². The lowest BCUT2D eigenvalue weighted by Crippen LogP contribution is -2.38. The number of carbonyl (C=O) groups excluding carboxylic acids is 2. The monoisotopic (exact) mass is 303 g/mol. The van der Waals surface area contributed by atoms with Crippen LogP contribution in [0.1, 0.15) is 5.56 Å². The van der Waals surface area contributed by atoms with E-state index in [1.54, 1.807) is 18.2 Å². The number of nitrogens with one attached hydrogen (secondary N) is 2. The van der Waals surface area contributed by atoms with Crippen molar-refractivity contribution in [3.05, 3.63) is 35.4 Å². The van der Waals surface area contributed by atoms with E-state index in [0.29, 0.717) is 18.7 Å². The molecule has 0 heterocycles. The van der Waals surface area contributed by atoms with E-state index in [0.717, 1.165) is 0 Å². The molecule has 1 aromatic rings. The molecule has 0 aliphatic rings. The van der Waals surface area contributed by atoms with Crippen molar-refractivity contribution in [2.75, 3.05) is 26.8 Å². The summed E-state index contributed by atoms with van der Waals surface area (Å²) in [6.45, 7) is 0.501. The first kappa shape index (κ1) is 17.2. The number of rotatable bonds is 7. The smallest absolute Gasteiger partial charge is 0.262 e. The van der Waals surface area contributed by atoms with Crippen molar-refractivity contribution < 1.29 is 19.4 Å². The number of amides is 2. The minimum absolute atomic E-state index is 0.0906. The fraction of sp³-hybridized carbons (Fsp3) is 0.267. The maximum atomic E-state index is 11.8. The van der Waals surface area contributed by atoms with Crippen LogP contribution in [-0.2, 0) is 14.3 Å². The Labute approximate surface area is 128 Å². The summed E-state index contributed by atoms with van der Waals surface area (Å²) in [6.07, 6.45) is 1.37. The molecular formula is C15H17N3O4. The zero-order valence-corrected chi connectivity index (χ0v) is 12.1. The largest absolute Gasteiger partial charge is 0.508 e. The van der Waals surface area contributed by atoms with Gasteiger partial charge < -0.3 is 20.5 Å². The fourth-order valence-corrected chi connectivity index (χ4v) is 1.50. The van der Waals surface area contributed by atoms with Crippen LogP contribution in [-0.4, -0.2) is 43.7 Å². The summed E-state index contributed by atoms with van der Waals surface area (Å²) in [6, 6.07) is 7.80. The maximum absolute atomic E-state index is 11.8. The number of hydrogen-bond donors (Lipinski definition) is 3. The highest BCUT2D eigenvalue weighted by atomic mass is 16.5. The Morgan fingerprint density at radius 2 is 2.00 bits per heavy atom. The van der Waals surface area contributed by atoms with Crippen molar-refractivity contribution in [1.82, 2.24) is 10.6 Å². The number of phenols is 1. The number of carbonyl (C=O) groups is 2. The SMILES string of the molecule is COCCNC(=O)CNC(=O)/C(C#N)=C/c1ccc(O)cc1. The number of hydrogen-bond acceptors (Lipinski definition) is 5. The highest BCUT2D eigenvalue weighted by molar-refractivity contribution is 6.02. The van der Waals surface area contributed by atoms with E-state index in [-0.39, 0.29) is 23.8 Å². The van der Waals surface area contributed by atoms with Crippen LogP contribution in [0.2, 0.25) is 0 Å². The van der Waals surface area contributed by atoms with Gasteiger partial charge in [-0.05, 0) is 23.8 Å². The van der Waals surface area contributed by atoms with Gasteiger partial charge in [0.2, 0.25) is 5.91 Å². The fourth-order valence-electron chi connectivity index (χ4n) is 1.50. The molecule has 0 saturated heterocycles. The van der Waals surface area contributed by atoms with Crippen molar-refractivity contribution in [3.8, 4) is 11.8 Å². The van der Waals surface area contributed by atoms with Gasteiger partial charge in [-0.1, -0.05) is 12.1 Å². The minimum atomic E-state index is -0.641. The molecule has 22 heavy (non-hydrogen) atoms. The van der Waals surface area contributed by atoms with Crippen molar-refractivity contribution in [1.29, 1.82) is 5.26 Å². The van der Waals surface area contributed by atoms with Gasteiger partial charge in [0.05, 0.1) is 13.2 Å². The topological polar surface area (TPSA) is 111 Å². The second-order valence-corrected chi connectivity index (χ2v) is 4.29. The molecule has 1 aromatic carbocycles. The Morgan fingerprint density at radius 1 is 1.32 bits per heavy atom. The highest BCUT2D eigenvalue weighted by Gasteiger charge is 2.10. The second-order valence-electron chi connectivity index (χ2n) is 4.29. The number of benzene rings is 1. The van der Waals surface area contributed by atoms with E-state index < -0.39 is 5.91 Å². The van der Waals surface area contributed by atoms with Gasteiger partial charge in [0.25, 0.3) is 5.91 Å². The molecule has 116 valence electrons. The van der Waals surface area contributed by atoms with Crippen LogP contribution in [0, 0.1) is 11.3 Å². The molecule has 0 radical (unpaired) electrons.